The van der Waals surface area contributed by atoms with Gasteiger partial charge >= 0.3 is 0 Å². The molecule has 7 heteroatoms. The highest BCUT2D eigenvalue weighted by Gasteiger charge is 2.11. The lowest BCUT2D eigenvalue weighted by molar-refractivity contribution is 0.477. The van der Waals surface area contributed by atoms with E-state index in [1.54, 1.807) is 16.8 Å². The highest BCUT2D eigenvalue weighted by Crippen LogP contribution is 2.25. The van der Waals surface area contributed by atoms with Crippen molar-refractivity contribution >= 4 is 27.7 Å². The number of benzene rings is 1. The molecule has 0 fully saturated rings. The fraction of sp³-hybridized carbons (Fsp3) is 0.364. The minimum Gasteiger partial charge on any atom is -0.218 e. The summed E-state index contributed by atoms with van der Waals surface area (Å²) < 4.78 is 16.2. The van der Waals surface area contributed by atoms with Crippen LogP contribution >= 0.6 is 27.7 Å². The lowest BCUT2D eigenvalue weighted by atomic mass is 10.2. The summed E-state index contributed by atoms with van der Waals surface area (Å²) >= 11 is 4.76. The van der Waals surface area contributed by atoms with E-state index in [2.05, 4.69) is 31.5 Å². The molecule has 0 saturated carbocycles. The first-order valence-corrected chi connectivity index (χ1v) is 7.20. The molecule has 2 rings (SSSR count). The quantitative estimate of drug-likeness (QED) is 0.805. The van der Waals surface area contributed by atoms with Crippen LogP contribution in [0.25, 0.3) is 0 Å². The highest BCUT2D eigenvalue weighted by molar-refractivity contribution is 9.10. The molecular formula is C11H12BrFN4S. The van der Waals surface area contributed by atoms with Crippen molar-refractivity contribution in [1.82, 2.24) is 20.2 Å². The molecule has 0 atom stereocenters. The third-order valence-corrected chi connectivity index (χ3v) is 3.79. The Balaban J connectivity index is 2.11. The summed E-state index contributed by atoms with van der Waals surface area (Å²) in [6, 6.07) is 5.09. The molecule has 0 bridgehead atoms. The number of aromatic nitrogens is 4. The Bertz CT molecular complexity index is 544. The van der Waals surface area contributed by atoms with Gasteiger partial charge in [-0.25, -0.2) is 9.07 Å². The van der Waals surface area contributed by atoms with E-state index in [1.165, 1.54) is 17.8 Å². The zero-order valence-corrected chi connectivity index (χ0v) is 12.4. The van der Waals surface area contributed by atoms with Crippen molar-refractivity contribution in [1.29, 1.82) is 0 Å². The van der Waals surface area contributed by atoms with Crippen LogP contribution in [0.2, 0.25) is 0 Å². The topological polar surface area (TPSA) is 43.6 Å². The molecule has 1 aromatic heterocycles. The molecule has 0 amide bonds. The maximum atomic E-state index is 13.6. The van der Waals surface area contributed by atoms with Gasteiger partial charge in [-0.1, -0.05) is 27.7 Å². The molecule has 0 N–H and O–H groups in total. The summed E-state index contributed by atoms with van der Waals surface area (Å²) in [5, 5.41) is 12.2. The monoisotopic (exact) mass is 330 g/mol. The number of nitrogens with zero attached hydrogens (tertiary/aromatic N) is 4. The molecule has 4 nitrogen and oxygen atoms in total. The SMILES string of the molecule is CC(C)n1nnnc1SCc1cc(Br)ccc1F. The van der Waals surface area contributed by atoms with Gasteiger partial charge in [-0.3, -0.25) is 0 Å². The van der Waals surface area contributed by atoms with Crippen LogP contribution in [0.1, 0.15) is 25.5 Å². The predicted molar refractivity (Wildman–Crippen MR) is 71.9 cm³/mol. The molecule has 1 aromatic carbocycles. The molecule has 0 saturated heterocycles. The minimum atomic E-state index is -0.214. The van der Waals surface area contributed by atoms with E-state index in [9.17, 15) is 4.39 Å². The van der Waals surface area contributed by atoms with Crippen molar-refractivity contribution in [3.05, 3.63) is 34.1 Å². The van der Waals surface area contributed by atoms with Gasteiger partial charge in [-0.15, -0.1) is 5.10 Å². The van der Waals surface area contributed by atoms with E-state index in [0.717, 1.165) is 4.47 Å². The van der Waals surface area contributed by atoms with Gasteiger partial charge in [0, 0.05) is 10.2 Å². The Morgan fingerprint density at radius 1 is 1.44 bits per heavy atom. The maximum absolute atomic E-state index is 13.6. The molecule has 1 heterocycles. The van der Waals surface area contributed by atoms with Crippen LogP contribution in [0.4, 0.5) is 4.39 Å². The van der Waals surface area contributed by atoms with E-state index in [4.69, 9.17) is 0 Å². The van der Waals surface area contributed by atoms with E-state index >= 15 is 0 Å². The summed E-state index contributed by atoms with van der Waals surface area (Å²) in [6.07, 6.45) is 0. The van der Waals surface area contributed by atoms with Gasteiger partial charge in [0.1, 0.15) is 5.82 Å². The Labute approximate surface area is 117 Å². The van der Waals surface area contributed by atoms with Crippen molar-refractivity contribution in [3.63, 3.8) is 0 Å². The number of rotatable bonds is 4. The Morgan fingerprint density at radius 2 is 2.22 bits per heavy atom. The van der Waals surface area contributed by atoms with Gasteiger partial charge in [-0.2, -0.15) is 0 Å². The van der Waals surface area contributed by atoms with Crippen LogP contribution in [0.5, 0.6) is 0 Å². The summed E-state index contributed by atoms with van der Waals surface area (Å²) in [5.74, 6) is 0.285. The molecule has 0 unspecified atom stereocenters. The lowest BCUT2D eigenvalue weighted by Crippen LogP contribution is -2.04. The average Bonchev–Trinajstić information content (AvgIpc) is 2.79. The summed E-state index contributed by atoms with van der Waals surface area (Å²) in [7, 11) is 0. The second kappa shape index (κ2) is 5.79. The average molecular weight is 331 g/mol. The molecule has 96 valence electrons. The van der Waals surface area contributed by atoms with E-state index in [0.29, 0.717) is 16.5 Å². The van der Waals surface area contributed by atoms with Gasteiger partial charge in [0.15, 0.2) is 0 Å². The predicted octanol–water partition coefficient (Wildman–Crippen LogP) is 3.45. The first-order chi connectivity index (χ1) is 8.58. The molecular weight excluding hydrogens is 319 g/mol. The normalized spacial score (nSPS) is 11.2. The van der Waals surface area contributed by atoms with Crippen LogP contribution in [0, 0.1) is 5.82 Å². The number of hydrogen-bond acceptors (Lipinski definition) is 4. The summed E-state index contributed by atoms with van der Waals surface area (Å²) in [5.41, 5.74) is 0.632. The van der Waals surface area contributed by atoms with Crippen molar-refractivity contribution < 1.29 is 4.39 Å². The first kappa shape index (κ1) is 13.5. The standard InChI is InChI=1S/C11H12BrFN4S/c1-7(2)17-11(14-15-16-17)18-6-8-5-9(12)3-4-10(8)13/h3-5,7H,6H2,1-2H3. The smallest absolute Gasteiger partial charge is 0.209 e. The van der Waals surface area contributed by atoms with Gasteiger partial charge < -0.3 is 0 Å². The van der Waals surface area contributed by atoms with E-state index in [-0.39, 0.29) is 11.9 Å². The van der Waals surface area contributed by atoms with Crippen LogP contribution in [-0.4, -0.2) is 20.2 Å². The van der Waals surface area contributed by atoms with E-state index < -0.39 is 0 Å². The first-order valence-electron chi connectivity index (χ1n) is 5.42. The van der Waals surface area contributed by atoms with Gasteiger partial charge in [0.25, 0.3) is 0 Å². The van der Waals surface area contributed by atoms with Crippen molar-refractivity contribution in [3.8, 4) is 0 Å². The zero-order valence-electron chi connectivity index (χ0n) is 9.97. The Hall–Kier alpha value is -0.950. The summed E-state index contributed by atoms with van der Waals surface area (Å²) in [4.78, 5) is 0. The molecule has 0 aliphatic carbocycles. The molecule has 0 aliphatic rings. The van der Waals surface area contributed by atoms with Crippen LogP contribution in [0.3, 0.4) is 0 Å². The van der Waals surface area contributed by atoms with Crippen molar-refractivity contribution in [2.45, 2.75) is 30.8 Å². The number of hydrogen-bond donors (Lipinski definition) is 0. The van der Waals surface area contributed by atoms with E-state index in [1.807, 2.05) is 13.8 Å². The lowest BCUT2D eigenvalue weighted by Gasteiger charge is -2.07. The fourth-order valence-electron chi connectivity index (χ4n) is 1.40. The second-order valence-corrected chi connectivity index (χ2v) is 5.88. The zero-order chi connectivity index (χ0) is 13.1. The van der Waals surface area contributed by atoms with Crippen LogP contribution < -0.4 is 0 Å². The third kappa shape index (κ3) is 3.08. The summed E-state index contributed by atoms with van der Waals surface area (Å²) in [6.45, 7) is 4.00. The fourth-order valence-corrected chi connectivity index (χ4v) is 2.79. The molecule has 18 heavy (non-hydrogen) atoms. The minimum absolute atomic E-state index is 0.190. The van der Waals surface area contributed by atoms with Crippen molar-refractivity contribution in [2.75, 3.05) is 0 Å². The number of thioether (sulfide) groups is 1. The molecule has 2 aromatic rings. The molecule has 0 aliphatic heterocycles. The van der Waals surface area contributed by atoms with Crippen LogP contribution in [0.15, 0.2) is 27.8 Å². The van der Waals surface area contributed by atoms with Crippen LogP contribution in [-0.2, 0) is 5.75 Å². The Morgan fingerprint density at radius 3 is 2.94 bits per heavy atom. The third-order valence-electron chi connectivity index (χ3n) is 2.32. The molecule has 0 spiro atoms. The van der Waals surface area contributed by atoms with Gasteiger partial charge in [-0.05, 0) is 48.0 Å². The maximum Gasteiger partial charge on any atom is 0.209 e. The molecule has 0 radical (unpaired) electrons. The largest absolute Gasteiger partial charge is 0.218 e. The highest BCUT2D eigenvalue weighted by atomic mass is 79.9. The number of halogens is 2. The van der Waals surface area contributed by atoms with Crippen molar-refractivity contribution in [2.24, 2.45) is 0 Å². The van der Waals surface area contributed by atoms with Gasteiger partial charge in [0.05, 0.1) is 6.04 Å². The number of tetrazole rings is 1. The Kier molecular flexibility index (Phi) is 4.34. The second-order valence-electron chi connectivity index (χ2n) is 4.02. The van der Waals surface area contributed by atoms with Gasteiger partial charge in [0.2, 0.25) is 5.16 Å².